The number of thiol groups is 1. The highest BCUT2D eigenvalue weighted by Gasteiger charge is 2.37. The predicted octanol–water partition coefficient (Wildman–Crippen LogP) is 1.86. The molecule has 1 saturated carbocycles. The molecule has 0 radical (unpaired) electrons. The Morgan fingerprint density at radius 1 is 0.614 bits per heavy atom. The van der Waals surface area contributed by atoms with Crippen molar-refractivity contribution in [1.82, 2.24) is 21.3 Å². The van der Waals surface area contributed by atoms with Gasteiger partial charge in [-0.15, -0.1) is 19.3 Å². The summed E-state index contributed by atoms with van der Waals surface area (Å²) in [6.45, 7) is 2.43. The number of ether oxygens (including phenoxy) is 6. The fourth-order valence-electron chi connectivity index (χ4n) is 5.80. The maximum Gasteiger partial charge on any atom is 0.252 e. The summed E-state index contributed by atoms with van der Waals surface area (Å²) >= 11 is 4.05. The molecule has 0 heterocycles. The highest BCUT2D eigenvalue weighted by atomic mass is 32.7. The minimum atomic E-state index is -3.00. The summed E-state index contributed by atoms with van der Waals surface area (Å²) in [6, 6.07) is 0. The molecule has 1 unspecified atom stereocenters. The highest BCUT2D eigenvalue weighted by molar-refractivity contribution is 8.46. The molecule has 18 heteroatoms. The lowest BCUT2D eigenvalue weighted by Gasteiger charge is -2.37. The molecule has 0 aromatic heterocycles. The average Bonchev–Trinajstić information content (AvgIpc) is 3.18. The molecule has 4 amide bonds. The largest absolute Gasteiger partial charge is 0.377 e. The zero-order chi connectivity index (χ0) is 42.0. The van der Waals surface area contributed by atoms with Crippen molar-refractivity contribution in [3.8, 4) is 37.0 Å². The van der Waals surface area contributed by atoms with E-state index in [2.05, 4.69) is 51.3 Å². The van der Waals surface area contributed by atoms with Crippen molar-refractivity contribution in [2.24, 2.45) is 5.92 Å². The Morgan fingerprint density at radius 3 is 1.30 bits per heavy atom. The van der Waals surface area contributed by atoms with Crippen LogP contribution in [-0.2, 0) is 56.7 Å². The molecule has 0 aliphatic heterocycles. The second-order valence-corrected chi connectivity index (χ2v) is 17.3. The maximum absolute atomic E-state index is 13.9. The standard InChI is InChI=1S/C39H63N4O12PS/c1-5-21-49-27-30-52-24-18-40-35(44)12-15-39(16-13-36(45)41-19-25-53-31-28-50-22-6-2,17-14-37(46)42-20-26-54-32-29-51-23-7-3)43-38(47)33-8-10-34(11-9-33)55-56(4,48)57/h1-3,33-34H,8-32H2,4H3,(H,40,44)(H,41,45)(H,42,46)(H,43,47)(H,48,57)/t33-,34-,56?. The molecular formula is C39H63N4O12PS. The van der Waals surface area contributed by atoms with Crippen LogP contribution >= 0.6 is 18.8 Å². The average molecular weight is 843 g/mol. The van der Waals surface area contributed by atoms with Gasteiger partial charge in [-0.1, -0.05) is 30.0 Å². The zero-order valence-electron chi connectivity index (χ0n) is 33.4. The van der Waals surface area contributed by atoms with Crippen molar-refractivity contribution in [2.75, 3.05) is 106 Å². The van der Waals surface area contributed by atoms with Crippen molar-refractivity contribution in [1.29, 1.82) is 0 Å². The molecule has 16 nitrogen and oxygen atoms in total. The Hall–Kier alpha value is -3.14. The minimum absolute atomic E-state index is 0.00822. The van der Waals surface area contributed by atoms with Gasteiger partial charge in [-0.05, 0) is 44.9 Å². The van der Waals surface area contributed by atoms with Gasteiger partial charge in [-0.3, -0.25) is 23.7 Å². The molecule has 0 aromatic rings. The normalized spacial score (nSPS) is 16.3. The fraction of sp³-hybridized carbons (Fsp3) is 0.744. The SMILES string of the molecule is C#CCOCCOCCNC(=O)CCC(CCC(=O)NCCOCCOCC#C)(CCC(=O)NCCOCCOCC#C)NC(=O)[C@H]1CC[C@H](OP(C)(=O)S)CC1. The fourth-order valence-corrected chi connectivity index (χ4v) is 6.96. The summed E-state index contributed by atoms with van der Waals surface area (Å²) < 4.78 is 49.6. The Kier molecular flexibility index (Phi) is 29.8. The zero-order valence-corrected chi connectivity index (χ0v) is 35.1. The van der Waals surface area contributed by atoms with Crippen LogP contribution in [0.1, 0.15) is 64.2 Å². The Morgan fingerprint density at radius 2 is 0.965 bits per heavy atom. The second kappa shape index (κ2) is 32.8. The number of carbonyl (C=O) groups excluding carboxylic acids is 4. The van der Waals surface area contributed by atoms with Crippen molar-refractivity contribution < 1.29 is 56.7 Å². The lowest BCUT2D eigenvalue weighted by molar-refractivity contribution is -0.131. The number of nitrogens with one attached hydrogen (secondary N) is 4. The first kappa shape index (κ1) is 51.9. The molecule has 1 aliphatic carbocycles. The van der Waals surface area contributed by atoms with Gasteiger partial charge in [-0.2, -0.15) is 0 Å². The van der Waals surface area contributed by atoms with Crippen LogP contribution in [0.4, 0.5) is 0 Å². The number of amides is 4. The van der Waals surface area contributed by atoms with Gasteiger partial charge in [-0.25, -0.2) is 0 Å². The molecule has 4 N–H and O–H groups in total. The third-order valence-electron chi connectivity index (χ3n) is 8.65. The van der Waals surface area contributed by atoms with Gasteiger partial charge in [0.2, 0.25) is 23.6 Å². The van der Waals surface area contributed by atoms with E-state index in [4.69, 9.17) is 52.2 Å². The summed E-state index contributed by atoms with van der Waals surface area (Å²) in [5, 5.41) is 11.7. The van der Waals surface area contributed by atoms with Gasteiger partial charge >= 0.3 is 0 Å². The van der Waals surface area contributed by atoms with Crippen LogP contribution in [-0.4, -0.2) is 141 Å². The van der Waals surface area contributed by atoms with Crippen LogP contribution < -0.4 is 21.3 Å². The minimum Gasteiger partial charge on any atom is -0.377 e. The molecule has 1 rings (SSSR count). The molecule has 1 aliphatic rings. The van der Waals surface area contributed by atoms with Crippen LogP contribution in [0.3, 0.4) is 0 Å². The van der Waals surface area contributed by atoms with Gasteiger partial charge < -0.3 is 54.2 Å². The molecule has 322 valence electrons. The third kappa shape index (κ3) is 28.8. The Labute approximate surface area is 344 Å². The third-order valence-corrected chi connectivity index (χ3v) is 9.62. The van der Waals surface area contributed by atoms with Gasteiger partial charge in [0, 0.05) is 57.0 Å². The van der Waals surface area contributed by atoms with Crippen molar-refractivity contribution in [3.05, 3.63) is 0 Å². The number of terminal acetylenes is 3. The van der Waals surface area contributed by atoms with Crippen molar-refractivity contribution >= 4 is 42.4 Å². The van der Waals surface area contributed by atoms with Crippen LogP contribution in [0.5, 0.6) is 0 Å². The summed E-state index contributed by atoms with van der Waals surface area (Å²) in [5.74, 6) is 5.63. The second-order valence-electron chi connectivity index (χ2n) is 13.3. The van der Waals surface area contributed by atoms with E-state index >= 15 is 0 Å². The summed E-state index contributed by atoms with van der Waals surface area (Å²) in [6.07, 6.45) is 17.7. The highest BCUT2D eigenvalue weighted by Crippen LogP contribution is 2.50. The van der Waals surface area contributed by atoms with E-state index in [1.165, 1.54) is 6.66 Å². The Bertz CT molecular complexity index is 1230. The predicted molar refractivity (Wildman–Crippen MR) is 218 cm³/mol. The molecular weight excluding hydrogens is 779 g/mol. The van der Waals surface area contributed by atoms with Gasteiger partial charge in [0.05, 0.1) is 65.6 Å². The van der Waals surface area contributed by atoms with E-state index in [1.54, 1.807) is 0 Å². The molecule has 0 spiro atoms. The maximum atomic E-state index is 13.9. The number of hydrogen-bond acceptors (Lipinski definition) is 12. The monoisotopic (exact) mass is 842 g/mol. The summed E-state index contributed by atoms with van der Waals surface area (Å²) in [5.41, 5.74) is -1.10. The molecule has 1 fully saturated rings. The van der Waals surface area contributed by atoms with E-state index in [0.29, 0.717) is 65.3 Å². The quantitative estimate of drug-likeness (QED) is 0.0274. The molecule has 0 aromatic carbocycles. The van der Waals surface area contributed by atoms with Gasteiger partial charge in [0.1, 0.15) is 19.8 Å². The van der Waals surface area contributed by atoms with E-state index in [9.17, 15) is 23.7 Å². The number of carbonyl (C=O) groups is 4. The van der Waals surface area contributed by atoms with Gasteiger partial charge in [0.15, 0.2) is 0 Å². The van der Waals surface area contributed by atoms with Crippen molar-refractivity contribution in [2.45, 2.75) is 75.9 Å². The van der Waals surface area contributed by atoms with E-state index in [0.717, 1.165) is 0 Å². The smallest absolute Gasteiger partial charge is 0.252 e. The first-order valence-electron chi connectivity index (χ1n) is 19.3. The van der Waals surface area contributed by atoms with Crippen LogP contribution in [0, 0.1) is 42.9 Å². The lowest BCUT2D eigenvalue weighted by atomic mass is 9.81. The summed E-state index contributed by atoms with van der Waals surface area (Å²) in [7, 11) is 0. The summed E-state index contributed by atoms with van der Waals surface area (Å²) in [4.78, 5) is 53.1. The number of hydrogen-bond donors (Lipinski definition) is 5. The Balaban J connectivity index is 3.01. The van der Waals surface area contributed by atoms with E-state index in [-0.39, 0.29) is 133 Å². The van der Waals surface area contributed by atoms with E-state index in [1.807, 2.05) is 0 Å². The van der Waals surface area contributed by atoms with Crippen molar-refractivity contribution in [3.63, 3.8) is 0 Å². The van der Waals surface area contributed by atoms with Gasteiger partial charge in [0.25, 0.3) is 6.57 Å². The first-order chi connectivity index (χ1) is 27.4. The molecule has 0 bridgehead atoms. The van der Waals surface area contributed by atoms with Crippen LogP contribution in [0.25, 0.3) is 0 Å². The van der Waals surface area contributed by atoms with Crippen LogP contribution in [0.2, 0.25) is 0 Å². The van der Waals surface area contributed by atoms with E-state index < -0.39 is 12.1 Å². The molecule has 1 atom stereocenters. The first-order valence-corrected chi connectivity index (χ1v) is 22.5. The topological polar surface area (TPSA) is 198 Å². The molecule has 0 saturated heterocycles. The number of rotatable bonds is 34. The lowest BCUT2D eigenvalue weighted by Crippen LogP contribution is -2.52. The molecule has 57 heavy (non-hydrogen) atoms. The van der Waals surface area contributed by atoms with Crippen LogP contribution in [0.15, 0.2) is 0 Å².